The van der Waals surface area contributed by atoms with E-state index in [9.17, 15) is 0 Å². The molecule has 152 valence electrons. The van der Waals surface area contributed by atoms with Crippen molar-refractivity contribution in [3.8, 4) is 0 Å². The Kier molecular flexibility index (Phi) is 6.98. The van der Waals surface area contributed by atoms with Crippen LogP contribution in [0.5, 0.6) is 0 Å². The summed E-state index contributed by atoms with van der Waals surface area (Å²) in [7, 11) is -0.746. The van der Waals surface area contributed by atoms with Gasteiger partial charge < -0.3 is 0 Å². The Labute approximate surface area is 180 Å². The van der Waals surface area contributed by atoms with Crippen molar-refractivity contribution < 1.29 is 0 Å². The summed E-state index contributed by atoms with van der Waals surface area (Å²) in [5.41, 5.74) is 1.53. The predicted octanol–water partition coefficient (Wildman–Crippen LogP) is 7.02. The first kappa shape index (κ1) is 22.2. The van der Waals surface area contributed by atoms with Crippen molar-refractivity contribution in [1.29, 1.82) is 0 Å². The van der Waals surface area contributed by atoms with Crippen molar-refractivity contribution >= 4 is 31.8 Å². The molecule has 0 bridgehead atoms. The third-order valence-electron chi connectivity index (χ3n) is 5.21. The van der Waals surface area contributed by atoms with Crippen LogP contribution in [0, 0.1) is 0 Å². The molecule has 0 unspecified atom stereocenters. The van der Waals surface area contributed by atoms with Crippen LogP contribution in [0.1, 0.15) is 47.1 Å². The Bertz CT molecular complexity index is 849. The summed E-state index contributed by atoms with van der Waals surface area (Å²) in [6, 6.07) is 31.3. The fourth-order valence-electron chi connectivity index (χ4n) is 4.09. The highest BCUT2D eigenvalue weighted by atomic mass is 31.1. The fourth-order valence-corrected chi connectivity index (χ4v) is 10.3. The maximum atomic E-state index is 2.42. The number of rotatable bonds is 5. The van der Waals surface area contributed by atoms with E-state index < -0.39 is 7.92 Å². The number of hydrogen-bond acceptors (Lipinski definition) is 0. The lowest BCUT2D eigenvalue weighted by Gasteiger charge is -2.42. The van der Waals surface area contributed by atoms with Crippen molar-refractivity contribution in [3.63, 3.8) is 0 Å². The van der Waals surface area contributed by atoms with Crippen LogP contribution in [0.2, 0.25) is 0 Å². The minimum atomic E-state index is -0.559. The van der Waals surface area contributed by atoms with Gasteiger partial charge in [0.05, 0.1) is 0 Å². The van der Waals surface area contributed by atoms with Crippen LogP contribution >= 0.6 is 15.8 Å². The van der Waals surface area contributed by atoms with E-state index >= 15 is 0 Å². The van der Waals surface area contributed by atoms with Crippen LogP contribution in [0.15, 0.2) is 84.9 Å². The molecule has 0 aliphatic heterocycles. The number of benzene rings is 3. The Hall–Kier alpha value is -1.48. The number of hydrogen-bond donors (Lipinski definition) is 0. The van der Waals surface area contributed by atoms with E-state index in [0.29, 0.717) is 10.3 Å². The molecule has 0 nitrogen and oxygen atoms in total. The zero-order valence-corrected chi connectivity index (χ0v) is 20.5. The van der Waals surface area contributed by atoms with E-state index in [1.165, 1.54) is 27.6 Å². The highest BCUT2D eigenvalue weighted by Gasteiger charge is 2.35. The van der Waals surface area contributed by atoms with Crippen molar-refractivity contribution in [2.24, 2.45) is 0 Å². The van der Waals surface area contributed by atoms with Crippen molar-refractivity contribution in [3.05, 3.63) is 90.5 Å². The Balaban J connectivity index is 2.12. The molecule has 0 aliphatic rings. The molecule has 29 heavy (non-hydrogen) atoms. The monoisotopic (exact) mass is 420 g/mol. The van der Waals surface area contributed by atoms with Gasteiger partial charge in [-0.15, -0.1) is 0 Å². The van der Waals surface area contributed by atoms with Crippen LogP contribution in [0.3, 0.4) is 0 Å². The molecule has 0 aliphatic carbocycles. The summed E-state index contributed by atoms with van der Waals surface area (Å²) in [6.07, 6.45) is 1.18. The van der Waals surface area contributed by atoms with E-state index in [4.69, 9.17) is 0 Å². The first-order chi connectivity index (χ1) is 13.7. The molecule has 3 rings (SSSR count). The topological polar surface area (TPSA) is 0 Å². The summed E-state index contributed by atoms with van der Waals surface area (Å²) in [4.78, 5) is 0. The minimum absolute atomic E-state index is 0.187. The molecule has 0 amide bonds. The maximum absolute atomic E-state index is 2.42. The highest BCUT2D eigenvalue weighted by molar-refractivity contribution is 7.80. The van der Waals surface area contributed by atoms with Crippen LogP contribution in [-0.2, 0) is 6.16 Å². The zero-order chi connectivity index (χ0) is 21.1. The van der Waals surface area contributed by atoms with Gasteiger partial charge in [-0.05, 0) is 45.9 Å². The molecule has 0 N–H and O–H groups in total. The van der Waals surface area contributed by atoms with Gasteiger partial charge in [-0.1, -0.05) is 134 Å². The molecule has 0 atom stereocenters. The highest BCUT2D eigenvalue weighted by Crippen LogP contribution is 2.61. The second-order valence-electron chi connectivity index (χ2n) is 9.56. The SMILES string of the molecule is CC(C)(C)P(Cc1ccccc1P(c1ccccc1)c1ccccc1)C(C)(C)C. The van der Waals surface area contributed by atoms with Gasteiger partial charge in [-0.2, -0.15) is 0 Å². The van der Waals surface area contributed by atoms with E-state index in [0.717, 1.165) is 0 Å². The second-order valence-corrected chi connectivity index (χ2v) is 15.6. The van der Waals surface area contributed by atoms with Crippen LogP contribution in [0.4, 0.5) is 0 Å². The summed E-state index contributed by atoms with van der Waals surface area (Å²) in [6.45, 7) is 14.5. The lowest BCUT2D eigenvalue weighted by molar-refractivity contribution is 0.703. The lowest BCUT2D eigenvalue weighted by Crippen LogP contribution is -2.28. The quantitative estimate of drug-likeness (QED) is 0.389. The molecule has 0 spiro atoms. The molecule has 0 saturated carbocycles. The predicted molar refractivity (Wildman–Crippen MR) is 135 cm³/mol. The normalized spacial score (nSPS) is 12.6. The largest absolute Gasteiger partial charge is 0.0911 e. The molecule has 0 radical (unpaired) electrons. The lowest BCUT2D eigenvalue weighted by atomic mass is 10.2. The van der Waals surface area contributed by atoms with E-state index in [-0.39, 0.29) is 7.92 Å². The van der Waals surface area contributed by atoms with Crippen LogP contribution in [0.25, 0.3) is 0 Å². The van der Waals surface area contributed by atoms with Gasteiger partial charge in [-0.3, -0.25) is 0 Å². The van der Waals surface area contributed by atoms with E-state index in [1.807, 2.05) is 0 Å². The molecule has 3 aromatic carbocycles. The first-order valence-electron chi connectivity index (χ1n) is 10.4. The third kappa shape index (κ3) is 5.57. The zero-order valence-electron chi connectivity index (χ0n) is 18.7. The molecule has 3 aromatic rings. The fraction of sp³-hybridized carbons (Fsp3) is 0.333. The molecular formula is C27H34P2. The van der Waals surface area contributed by atoms with E-state index in [2.05, 4.69) is 126 Å². The molecule has 2 heteroatoms. The van der Waals surface area contributed by atoms with E-state index in [1.54, 1.807) is 0 Å². The molecule has 0 aromatic heterocycles. The molecular weight excluding hydrogens is 386 g/mol. The van der Waals surface area contributed by atoms with Crippen LogP contribution < -0.4 is 15.9 Å². The standard InChI is InChI=1S/C27H34P2/c1-26(2,3)28(27(4,5)6)21-22-15-13-14-20-25(22)29(23-16-9-7-10-17-23)24-18-11-8-12-19-24/h7-20H,21H2,1-6H3. The Morgan fingerprint density at radius 3 is 1.41 bits per heavy atom. The second kappa shape index (κ2) is 9.12. The maximum Gasteiger partial charge on any atom is -0.00571 e. The molecule has 0 heterocycles. The summed E-state index contributed by atoms with van der Waals surface area (Å²) in [5.74, 6) is 0. The summed E-state index contributed by atoms with van der Waals surface area (Å²) < 4.78 is 0. The average molecular weight is 421 g/mol. The molecule has 0 saturated heterocycles. The first-order valence-corrected chi connectivity index (χ1v) is 13.3. The Morgan fingerprint density at radius 2 is 0.966 bits per heavy atom. The van der Waals surface area contributed by atoms with Gasteiger partial charge >= 0.3 is 0 Å². The van der Waals surface area contributed by atoms with Crippen molar-refractivity contribution in [2.45, 2.75) is 58.0 Å². The van der Waals surface area contributed by atoms with Gasteiger partial charge in [0.25, 0.3) is 0 Å². The van der Waals surface area contributed by atoms with Gasteiger partial charge in [0.1, 0.15) is 0 Å². The van der Waals surface area contributed by atoms with Gasteiger partial charge in [0.15, 0.2) is 0 Å². The smallest absolute Gasteiger partial charge is 0.00571 e. The molecule has 0 fully saturated rings. The Morgan fingerprint density at radius 1 is 0.552 bits per heavy atom. The van der Waals surface area contributed by atoms with Gasteiger partial charge in [0, 0.05) is 0 Å². The summed E-state index contributed by atoms with van der Waals surface area (Å²) in [5, 5.41) is 5.01. The van der Waals surface area contributed by atoms with Crippen molar-refractivity contribution in [1.82, 2.24) is 0 Å². The minimum Gasteiger partial charge on any atom is -0.0911 e. The van der Waals surface area contributed by atoms with Crippen LogP contribution in [-0.4, -0.2) is 10.3 Å². The van der Waals surface area contributed by atoms with Gasteiger partial charge in [0.2, 0.25) is 0 Å². The average Bonchev–Trinajstić information content (AvgIpc) is 2.67. The van der Waals surface area contributed by atoms with Crippen molar-refractivity contribution in [2.75, 3.05) is 0 Å². The summed E-state index contributed by atoms with van der Waals surface area (Å²) >= 11 is 0. The van der Waals surface area contributed by atoms with Gasteiger partial charge in [-0.25, -0.2) is 0 Å². The third-order valence-corrected chi connectivity index (χ3v) is 11.7.